The lowest BCUT2D eigenvalue weighted by Crippen LogP contribution is -2.33. The van der Waals surface area contributed by atoms with Crippen molar-refractivity contribution in [2.45, 2.75) is 32.0 Å². The molecule has 1 unspecified atom stereocenters. The van der Waals surface area contributed by atoms with Crippen LogP contribution >= 0.6 is 0 Å². The Hall–Kier alpha value is -1.36. The summed E-state index contributed by atoms with van der Waals surface area (Å²) in [5.41, 5.74) is 0.309. The summed E-state index contributed by atoms with van der Waals surface area (Å²) in [6.07, 6.45) is 5.93. The van der Waals surface area contributed by atoms with Gasteiger partial charge < -0.3 is 14.3 Å². The first-order valence-electron chi connectivity index (χ1n) is 5.47. The highest BCUT2D eigenvalue weighted by Crippen LogP contribution is 2.32. The second-order valence-electron chi connectivity index (χ2n) is 3.76. The lowest BCUT2D eigenvalue weighted by molar-refractivity contribution is -0.217. The highest BCUT2D eigenvalue weighted by molar-refractivity contribution is 6.36. The molecule has 0 radical (unpaired) electrons. The van der Waals surface area contributed by atoms with Crippen molar-refractivity contribution in [2.24, 2.45) is 5.16 Å². The fourth-order valence-electron chi connectivity index (χ4n) is 1.75. The van der Waals surface area contributed by atoms with Crippen molar-refractivity contribution in [1.29, 1.82) is 0 Å². The summed E-state index contributed by atoms with van der Waals surface area (Å²) >= 11 is 0. The van der Waals surface area contributed by atoms with Crippen molar-refractivity contribution in [1.82, 2.24) is 0 Å². The van der Waals surface area contributed by atoms with E-state index < -0.39 is 11.8 Å². The van der Waals surface area contributed by atoms with Gasteiger partial charge in [0.2, 0.25) is 5.79 Å². The van der Waals surface area contributed by atoms with Gasteiger partial charge in [0.15, 0.2) is 5.71 Å². The van der Waals surface area contributed by atoms with Crippen LogP contribution in [0, 0.1) is 0 Å². The first-order chi connectivity index (χ1) is 7.76. The topological polar surface area (TPSA) is 57.1 Å². The minimum absolute atomic E-state index is 0.309. The number of nitrogens with zero attached hydrogens (tertiary/aromatic N) is 1. The van der Waals surface area contributed by atoms with Gasteiger partial charge in [0.05, 0.1) is 19.6 Å². The molecule has 1 atom stereocenters. The smallest absolute Gasteiger partial charge is 0.356 e. The quantitative estimate of drug-likeness (QED) is 0.526. The van der Waals surface area contributed by atoms with Gasteiger partial charge in [-0.05, 0) is 13.3 Å². The molecule has 0 fully saturated rings. The fourth-order valence-corrected chi connectivity index (χ4v) is 1.75. The third-order valence-corrected chi connectivity index (χ3v) is 2.57. The molecule has 0 aliphatic carbocycles. The average molecular weight is 225 g/mol. The van der Waals surface area contributed by atoms with Gasteiger partial charge >= 0.3 is 5.97 Å². The molecule has 5 nitrogen and oxygen atoms in total. The van der Waals surface area contributed by atoms with Crippen molar-refractivity contribution >= 4 is 11.7 Å². The van der Waals surface area contributed by atoms with Gasteiger partial charge in [0.1, 0.15) is 0 Å². The number of hydrogen-bond donors (Lipinski definition) is 0. The number of allylic oxidation sites excluding steroid dienone is 1. The van der Waals surface area contributed by atoms with Gasteiger partial charge in [-0.15, -0.1) is 0 Å². The zero-order chi connectivity index (χ0) is 11.4. The second kappa shape index (κ2) is 4.65. The summed E-state index contributed by atoms with van der Waals surface area (Å²) in [5.74, 6) is -1.17. The summed E-state index contributed by atoms with van der Waals surface area (Å²) in [5, 5.41) is 3.76. The molecule has 0 saturated carbocycles. The SMILES string of the molecule is CCOC(=O)C1=NOC2(CCC=CCO2)C1. The Bertz CT molecular complexity index is 325. The van der Waals surface area contributed by atoms with Crippen LogP contribution in [0.5, 0.6) is 0 Å². The molecule has 0 aromatic rings. The van der Waals surface area contributed by atoms with E-state index in [9.17, 15) is 4.79 Å². The van der Waals surface area contributed by atoms with Crippen molar-refractivity contribution in [2.75, 3.05) is 13.2 Å². The van der Waals surface area contributed by atoms with Crippen LogP contribution < -0.4 is 0 Å². The predicted octanol–water partition coefficient (Wildman–Crippen LogP) is 1.39. The molecule has 16 heavy (non-hydrogen) atoms. The zero-order valence-electron chi connectivity index (χ0n) is 9.27. The molecule has 0 aromatic carbocycles. The molecule has 88 valence electrons. The van der Waals surface area contributed by atoms with E-state index in [2.05, 4.69) is 5.16 Å². The van der Waals surface area contributed by atoms with E-state index in [1.807, 2.05) is 12.2 Å². The normalized spacial score (nSPS) is 28.4. The first kappa shape index (κ1) is 11.1. The van der Waals surface area contributed by atoms with E-state index >= 15 is 0 Å². The molecule has 0 saturated heterocycles. The molecule has 2 aliphatic rings. The molecule has 2 rings (SSSR count). The summed E-state index contributed by atoms with van der Waals surface area (Å²) < 4.78 is 10.4. The molecule has 0 N–H and O–H groups in total. The Balaban J connectivity index is 1.96. The number of carbonyl (C=O) groups excluding carboxylic acids is 1. The molecule has 0 amide bonds. The van der Waals surface area contributed by atoms with Crippen molar-refractivity contribution < 1.29 is 19.1 Å². The highest BCUT2D eigenvalue weighted by Gasteiger charge is 2.42. The van der Waals surface area contributed by atoms with Gasteiger partial charge in [0, 0.05) is 6.42 Å². The van der Waals surface area contributed by atoms with Crippen LogP contribution in [0.25, 0.3) is 0 Å². The van der Waals surface area contributed by atoms with Crippen molar-refractivity contribution in [3.05, 3.63) is 12.2 Å². The minimum atomic E-state index is -0.758. The fraction of sp³-hybridized carbons (Fsp3) is 0.636. The number of ether oxygens (including phenoxy) is 2. The van der Waals surface area contributed by atoms with E-state index in [-0.39, 0.29) is 0 Å². The van der Waals surface area contributed by atoms with Gasteiger partial charge in [-0.25, -0.2) is 4.79 Å². The van der Waals surface area contributed by atoms with E-state index in [4.69, 9.17) is 14.3 Å². The molecule has 2 heterocycles. The number of oxime groups is 1. The van der Waals surface area contributed by atoms with E-state index in [1.165, 1.54) is 0 Å². The van der Waals surface area contributed by atoms with Gasteiger partial charge in [-0.2, -0.15) is 0 Å². The largest absolute Gasteiger partial charge is 0.461 e. The monoisotopic (exact) mass is 225 g/mol. The lowest BCUT2D eigenvalue weighted by atomic mass is 10.0. The number of carbonyl (C=O) groups is 1. The summed E-state index contributed by atoms with van der Waals surface area (Å²) in [6, 6.07) is 0. The summed E-state index contributed by atoms with van der Waals surface area (Å²) in [6.45, 7) is 2.59. The number of hydrogen-bond acceptors (Lipinski definition) is 5. The molecule has 0 aromatic heterocycles. The van der Waals surface area contributed by atoms with Crippen LogP contribution in [-0.4, -0.2) is 30.7 Å². The maximum absolute atomic E-state index is 11.5. The lowest BCUT2D eigenvalue weighted by Gasteiger charge is -2.24. The predicted molar refractivity (Wildman–Crippen MR) is 56.8 cm³/mol. The maximum atomic E-state index is 11.5. The molecule has 1 spiro atoms. The summed E-state index contributed by atoms with van der Waals surface area (Å²) in [4.78, 5) is 16.7. The maximum Gasteiger partial charge on any atom is 0.356 e. The van der Waals surface area contributed by atoms with Crippen LogP contribution in [0.1, 0.15) is 26.2 Å². The Morgan fingerprint density at radius 1 is 1.62 bits per heavy atom. The first-order valence-corrected chi connectivity index (χ1v) is 5.47. The van der Waals surface area contributed by atoms with Crippen LogP contribution in [0.15, 0.2) is 17.3 Å². The molecule has 5 heteroatoms. The van der Waals surface area contributed by atoms with Crippen molar-refractivity contribution in [3.63, 3.8) is 0 Å². The Labute approximate surface area is 94.0 Å². The minimum Gasteiger partial charge on any atom is -0.461 e. The van der Waals surface area contributed by atoms with Crippen LogP contribution in [0.2, 0.25) is 0 Å². The average Bonchev–Trinajstić information content (AvgIpc) is 2.54. The van der Waals surface area contributed by atoms with E-state index in [0.29, 0.717) is 31.8 Å². The Morgan fingerprint density at radius 2 is 2.50 bits per heavy atom. The number of rotatable bonds is 2. The van der Waals surface area contributed by atoms with Gasteiger partial charge in [-0.1, -0.05) is 17.3 Å². The third kappa shape index (κ3) is 2.24. The Kier molecular flexibility index (Phi) is 3.24. The molecule has 0 bridgehead atoms. The standard InChI is InChI=1S/C11H15NO4/c1-2-14-10(13)9-8-11(16-12-9)6-4-3-5-7-15-11/h3,5H,2,4,6-8H2,1H3. The second-order valence-corrected chi connectivity index (χ2v) is 3.76. The highest BCUT2D eigenvalue weighted by atomic mass is 16.8. The molecular weight excluding hydrogens is 210 g/mol. The molecule has 2 aliphatic heterocycles. The molecular formula is C11H15NO4. The summed E-state index contributed by atoms with van der Waals surface area (Å²) in [7, 11) is 0. The van der Waals surface area contributed by atoms with Crippen LogP contribution in [0.4, 0.5) is 0 Å². The van der Waals surface area contributed by atoms with Crippen LogP contribution in [-0.2, 0) is 19.1 Å². The van der Waals surface area contributed by atoms with Crippen LogP contribution in [0.3, 0.4) is 0 Å². The van der Waals surface area contributed by atoms with E-state index in [1.54, 1.807) is 6.92 Å². The third-order valence-electron chi connectivity index (χ3n) is 2.57. The van der Waals surface area contributed by atoms with Crippen molar-refractivity contribution in [3.8, 4) is 0 Å². The number of esters is 1. The zero-order valence-corrected chi connectivity index (χ0v) is 9.27. The van der Waals surface area contributed by atoms with E-state index in [0.717, 1.165) is 6.42 Å². The van der Waals surface area contributed by atoms with Gasteiger partial charge in [-0.3, -0.25) is 0 Å². The Morgan fingerprint density at radius 3 is 3.31 bits per heavy atom. The van der Waals surface area contributed by atoms with Gasteiger partial charge in [0.25, 0.3) is 0 Å².